The molecule has 4 heterocycles. The number of hydrogen-bond donors (Lipinski definition) is 0. The van der Waals surface area contributed by atoms with Crippen LogP contribution >= 0.6 is 0 Å². The second-order valence-electron chi connectivity index (χ2n) is 7.58. The van der Waals surface area contributed by atoms with Crippen LogP contribution in [-0.4, -0.2) is 57.1 Å². The lowest BCUT2D eigenvalue weighted by molar-refractivity contribution is -0.139. The zero-order chi connectivity index (χ0) is 18.8. The first kappa shape index (κ1) is 17.8. The van der Waals surface area contributed by atoms with Gasteiger partial charge < -0.3 is 9.80 Å². The Bertz CT molecular complexity index is 817. The normalized spacial score (nSPS) is 22.2. The Hall–Kier alpha value is -2.63. The lowest BCUT2D eigenvalue weighted by Crippen LogP contribution is -2.48. The predicted octanol–water partition coefficient (Wildman–Crippen LogP) is 2.40. The fraction of sp³-hybridized carbons (Fsp3) is 0.476. The van der Waals surface area contributed by atoms with E-state index in [0.717, 1.165) is 31.4 Å². The fourth-order valence-electron chi connectivity index (χ4n) is 4.25. The first-order valence-electron chi connectivity index (χ1n) is 9.82. The average Bonchev–Trinajstić information content (AvgIpc) is 2.97. The van der Waals surface area contributed by atoms with Crippen molar-refractivity contribution in [2.45, 2.75) is 38.8 Å². The smallest absolute Gasteiger partial charge is 0.257 e. The Balaban J connectivity index is 1.48. The van der Waals surface area contributed by atoms with Crippen molar-refractivity contribution in [3.8, 4) is 0 Å². The third-order valence-corrected chi connectivity index (χ3v) is 5.61. The number of carbonyl (C=O) groups excluding carboxylic acids is 2. The van der Waals surface area contributed by atoms with Gasteiger partial charge in [-0.15, -0.1) is 0 Å². The van der Waals surface area contributed by atoms with Crippen LogP contribution in [-0.2, 0) is 11.3 Å². The van der Waals surface area contributed by atoms with E-state index in [4.69, 9.17) is 0 Å². The van der Waals surface area contributed by atoms with Gasteiger partial charge in [0, 0.05) is 31.9 Å². The van der Waals surface area contributed by atoms with Crippen molar-refractivity contribution in [1.82, 2.24) is 19.6 Å². The summed E-state index contributed by atoms with van der Waals surface area (Å²) in [4.78, 5) is 29.6. The van der Waals surface area contributed by atoms with E-state index in [-0.39, 0.29) is 23.8 Å². The highest BCUT2D eigenvalue weighted by Gasteiger charge is 2.41. The van der Waals surface area contributed by atoms with Gasteiger partial charge in [0.1, 0.15) is 0 Å². The minimum Gasteiger partial charge on any atom is -0.338 e. The monoisotopic (exact) mass is 366 g/mol. The number of benzene rings is 1. The van der Waals surface area contributed by atoms with Crippen LogP contribution in [0.5, 0.6) is 0 Å². The van der Waals surface area contributed by atoms with E-state index < -0.39 is 0 Å². The minimum atomic E-state index is -0.0568. The van der Waals surface area contributed by atoms with Crippen molar-refractivity contribution < 1.29 is 9.59 Å². The van der Waals surface area contributed by atoms with Gasteiger partial charge >= 0.3 is 0 Å². The van der Waals surface area contributed by atoms with Gasteiger partial charge in [-0.1, -0.05) is 37.3 Å². The molecule has 2 aromatic rings. The number of aromatic nitrogens is 2. The maximum atomic E-state index is 13.1. The van der Waals surface area contributed by atoms with Crippen LogP contribution in [0.3, 0.4) is 0 Å². The van der Waals surface area contributed by atoms with Crippen LogP contribution < -0.4 is 0 Å². The molecule has 0 spiro atoms. The van der Waals surface area contributed by atoms with Gasteiger partial charge in [0.25, 0.3) is 5.91 Å². The van der Waals surface area contributed by atoms with E-state index in [1.165, 1.54) is 0 Å². The second kappa shape index (κ2) is 7.55. The SMILES string of the molecule is CCCN1C(=O)C2CCC1CN(C(=O)c1cnn(Cc3ccccc3)c1)C2. The number of fused-ring (bicyclic) bond motifs is 4. The third-order valence-electron chi connectivity index (χ3n) is 5.61. The van der Waals surface area contributed by atoms with Crippen molar-refractivity contribution in [2.24, 2.45) is 5.92 Å². The summed E-state index contributed by atoms with van der Waals surface area (Å²) in [6.07, 6.45) is 6.29. The number of rotatable bonds is 5. The molecule has 1 aromatic carbocycles. The summed E-state index contributed by atoms with van der Waals surface area (Å²) in [5, 5.41) is 4.36. The first-order chi connectivity index (χ1) is 13.2. The Labute approximate surface area is 159 Å². The standard InChI is InChI=1S/C21H26N4O2/c1-2-10-25-19-9-8-17(21(25)27)13-23(15-19)20(26)18-11-22-24(14-18)12-16-6-4-3-5-7-16/h3-7,11,14,17,19H,2,8-10,12-13,15H2,1H3. The number of nitrogens with zero attached hydrogens (tertiary/aromatic N) is 4. The molecule has 2 atom stereocenters. The summed E-state index contributed by atoms with van der Waals surface area (Å²) in [7, 11) is 0. The Morgan fingerprint density at radius 3 is 2.78 bits per heavy atom. The Morgan fingerprint density at radius 2 is 2.00 bits per heavy atom. The van der Waals surface area contributed by atoms with E-state index in [9.17, 15) is 9.59 Å². The summed E-state index contributed by atoms with van der Waals surface area (Å²) in [5.74, 6) is 0.152. The van der Waals surface area contributed by atoms with Crippen molar-refractivity contribution in [2.75, 3.05) is 19.6 Å². The topological polar surface area (TPSA) is 58.4 Å². The minimum absolute atomic E-state index is 0.0163. The van der Waals surface area contributed by atoms with E-state index in [1.54, 1.807) is 10.9 Å². The predicted molar refractivity (Wildman–Crippen MR) is 102 cm³/mol. The zero-order valence-electron chi connectivity index (χ0n) is 15.8. The maximum Gasteiger partial charge on any atom is 0.257 e. The number of piperidine rings is 1. The highest BCUT2D eigenvalue weighted by atomic mass is 16.2. The van der Waals surface area contributed by atoms with Crippen LogP contribution in [0.2, 0.25) is 0 Å². The largest absolute Gasteiger partial charge is 0.338 e. The third kappa shape index (κ3) is 3.61. The lowest BCUT2D eigenvalue weighted by Gasteiger charge is -2.35. The molecule has 3 aliphatic heterocycles. The van der Waals surface area contributed by atoms with E-state index in [1.807, 2.05) is 46.3 Å². The highest BCUT2D eigenvalue weighted by Crippen LogP contribution is 2.30. The van der Waals surface area contributed by atoms with E-state index in [0.29, 0.717) is 25.2 Å². The maximum absolute atomic E-state index is 13.1. The van der Waals surface area contributed by atoms with Gasteiger partial charge in [-0.2, -0.15) is 5.10 Å². The molecule has 27 heavy (non-hydrogen) atoms. The molecule has 2 unspecified atom stereocenters. The molecular weight excluding hydrogens is 340 g/mol. The Kier molecular flexibility index (Phi) is 4.97. The fourth-order valence-corrected chi connectivity index (χ4v) is 4.25. The van der Waals surface area contributed by atoms with Gasteiger partial charge in [0.05, 0.1) is 24.2 Å². The molecule has 3 fully saturated rings. The van der Waals surface area contributed by atoms with Crippen molar-refractivity contribution in [3.05, 3.63) is 53.9 Å². The first-order valence-corrected chi connectivity index (χ1v) is 9.82. The number of amides is 2. The van der Waals surface area contributed by atoms with Gasteiger partial charge in [-0.25, -0.2) is 0 Å². The molecule has 0 radical (unpaired) electrons. The average molecular weight is 366 g/mol. The van der Waals surface area contributed by atoms with Crippen LogP contribution in [0.1, 0.15) is 42.1 Å². The van der Waals surface area contributed by atoms with Gasteiger partial charge in [0.2, 0.25) is 5.91 Å². The molecule has 5 rings (SSSR count). The lowest BCUT2D eigenvalue weighted by atomic mass is 9.94. The summed E-state index contributed by atoms with van der Waals surface area (Å²) < 4.78 is 1.80. The van der Waals surface area contributed by atoms with Gasteiger partial charge in [0.15, 0.2) is 0 Å². The summed E-state index contributed by atoms with van der Waals surface area (Å²) in [6.45, 7) is 4.68. The molecule has 3 saturated heterocycles. The summed E-state index contributed by atoms with van der Waals surface area (Å²) >= 11 is 0. The second-order valence-corrected chi connectivity index (χ2v) is 7.58. The Morgan fingerprint density at radius 1 is 1.19 bits per heavy atom. The molecule has 0 N–H and O–H groups in total. The number of carbonyl (C=O) groups is 2. The molecule has 6 heteroatoms. The molecule has 3 aliphatic rings. The molecule has 1 aromatic heterocycles. The van der Waals surface area contributed by atoms with Gasteiger partial charge in [-0.05, 0) is 24.8 Å². The molecule has 0 saturated carbocycles. The summed E-state index contributed by atoms with van der Waals surface area (Å²) in [5.41, 5.74) is 1.75. The molecule has 2 bridgehead atoms. The molecule has 142 valence electrons. The van der Waals surface area contributed by atoms with Crippen LogP contribution in [0.25, 0.3) is 0 Å². The van der Waals surface area contributed by atoms with Crippen molar-refractivity contribution in [1.29, 1.82) is 0 Å². The number of hydrogen-bond acceptors (Lipinski definition) is 3. The molecular formula is C21H26N4O2. The molecule has 0 aliphatic carbocycles. The van der Waals surface area contributed by atoms with Crippen molar-refractivity contribution >= 4 is 11.8 Å². The van der Waals surface area contributed by atoms with Gasteiger partial charge in [-0.3, -0.25) is 14.3 Å². The van der Waals surface area contributed by atoms with Crippen LogP contribution in [0.15, 0.2) is 42.7 Å². The molecule has 6 nitrogen and oxygen atoms in total. The zero-order valence-corrected chi connectivity index (χ0v) is 15.8. The highest BCUT2D eigenvalue weighted by molar-refractivity contribution is 5.94. The molecule has 2 amide bonds. The van der Waals surface area contributed by atoms with E-state index >= 15 is 0 Å². The quantitative estimate of drug-likeness (QED) is 0.816. The van der Waals surface area contributed by atoms with Crippen molar-refractivity contribution in [3.63, 3.8) is 0 Å². The van der Waals surface area contributed by atoms with Crippen LogP contribution in [0.4, 0.5) is 0 Å². The summed E-state index contributed by atoms with van der Waals surface area (Å²) in [6, 6.07) is 10.2. The van der Waals surface area contributed by atoms with Crippen LogP contribution in [0, 0.1) is 5.92 Å². The van der Waals surface area contributed by atoms with E-state index in [2.05, 4.69) is 12.0 Å².